The lowest BCUT2D eigenvalue weighted by Crippen LogP contribution is -2.00. The molecule has 1 nitrogen and oxygen atoms in total. The van der Waals surface area contributed by atoms with E-state index >= 15 is 0 Å². The summed E-state index contributed by atoms with van der Waals surface area (Å²) in [4.78, 5) is 0. The molecule has 0 radical (unpaired) electrons. The first-order valence-electron chi connectivity index (χ1n) is 1.75. The van der Waals surface area contributed by atoms with Gasteiger partial charge in [-0.1, -0.05) is 43.0 Å². The molecule has 0 aromatic heterocycles. The topological polar surface area (TPSA) is 20.2 Å². The van der Waals surface area contributed by atoms with Gasteiger partial charge in [-0.2, -0.15) is 0 Å². The highest BCUT2D eigenvalue weighted by molar-refractivity contribution is 7.39. The maximum absolute atomic E-state index is 8.21. The van der Waals surface area contributed by atoms with Crippen molar-refractivity contribution in [3.05, 3.63) is 0 Å². The van der Waals surface area contributed by atoms with Crippen LogP contribution in [-0.4, -0.2) is 21.0 Å². The highest BCUT2D eigenvalue weighted by Gasteiger charge is 2.13. The van der Waals surface area contributed by atoms with Crippen LogP contribution in [-0.2, 0) is 0 Å². The van der Waals surface area contributed by atoms with Crippen LogP contribution < -0.4 is 0 Å². The minimum absolute atomic E-state index is 0.00604. The molecule has 0 bridgehead atoms. The van der Waals surface area contributed by atoms with Crippen molar-refractivity contribution in [3.63, 3.8) is 0 Å². The van der Waals surface area contributed by atoms with Crippen molar-refractivity contribution in [2.24, 2.45) is 0 Å². The molecule has 0 rings (SSSR count). The third-order valence-corrected chi connectivity index (χ3v) is 1.84. The van der Waals surface area contributed by atoms with Crippen molar-refractivity contribution >= 4 is 48.8 Å². The van der Waals surface area contributed by atoms with Gasteiger partial charge in [0.25, 0.3) is 0 Å². The average Bonchev–Trinajstić information content (AvgIpc) is 1.59. The second-order valence-electron chi connectivity index (χ2n) is 0.995. The highest BCUT2D eigenvalue weighted by Crippen LogP contribution is 2.24. The molecule has 0 aliphatic carbocycles. The molecule has 0 aromatic carbocycles. The lowest BCUT2D eigenvalue weighted by molar-refractivity contribution is 0.374. The van der Waals surface area contributed by atoms with Crippen molar-refractivity contribution in [2.45, 2.75) is 3.79 Å². The lowest BCUT2D eigenvalue weighted by atomic mass is 10.9. The van der Waals surface area contributed by atoms with Crippen molar-refractivity contribution in [1.29, 1.82) is 0 Å². The van der Waals surface area contributed by atoms with Gasteiger partial charge in [-0.3, -0.25) is 0 Å². The molecule has 1 N–H and O–H groups in total. The Bertz CT molecular complexity index is 87.0. The quantitative estimate of drug-likeness (QED) is 0.499. The molecule has 0 unspecified atom stereocenters. The summed E-state index contributed by atoms with van der Waals surface area (Å²) in [7, 11) is 0.625. The summed E-state index contributed by atoms with van der Waals surface area (Å²) in [6.07, 6.45) is -0.00604. The molecule has 0 saturated heterocycles. The maximum Gasteiger partial charge on any atom is 0.213 e. The minimum Gasteiger partial charge on any atom is -0.388 e. The van der Waals surface area contributed by atoms with Gasteiger partial charge in [0, 0.05) is 0 Å². The summed E-state index contributed by atoms with van der Waals surface area (Å²) in [5, 5.41) is 8.21. The Kier molecular flexibility index (Phi) is 4.41. The van der Waals surface area contributed by atoms with E-state index in [1.807, 2.05) is 0 Å². The smallest absolute Gasteiger partial charge is 0.213 e. The van der Waals surface area contributed by atoms with E-state index in [-0.39, 0.29) is 6.35 Å². The fourth-order valence-corrected chi connectivity index (χ4v) is 1.05. The number of aliphatic hydroxyl groups excluding tert-OH is 1. The second-order valence-corrected chi connectivity index (χ2v) is 4.27. The first-order chi connectivity index (χ1) is 3.56. The zero-order chi connectivity index (χ0) is 6.62. The molecule has 5 heteroatoms. The van der Waals surface area contributed by atoms with E-state index in [9.17, 15) is 0 Å². The summed E-state index contributed by atoms with van der Waals surface area (Å²) in [5.74, 6) is 1.39. The first kappa shape index (κ1) is 9.00. The molecular weight excluding hydrogens is 189 g/mol. The zero-order valence-electron chi connectivity index (χ0n) is 3.81. The highest BCUT2D eigenvalue weighted by atomic mass is 35.6. The Morgan fingerprint density at radius 2 is 2.00 bits per heavy atom. The number of hydrogen-bond donors (Lipinski definition) is 1. The molecule has 0 aliphatic rings. The lowest BCUT2D eigenvalue weighted by Gasteiger charge is -1.99. The van der Waals surface area contributed by atoms with Crippen molar-refractivity contribution < 1.29 is 5.11 Å². The molecule has 0 saturated carbocycles. The van der Waals surface area contributed by atoms with Gasteiger partial charge in [0.2, 0.25) is 3.79 Å². The van der Waals surface area contributed by atoms with Crippen LogP contribution in [0.15, 0.2) is 0 Å². The Balaban J connectivity index is 3.52. The second kappa shape index (κ2) is 3.92. The third kappa shape index (κ3) is 7.00. The van der Waals surface area contributed by atoms with Crippen LogP contribution in [0.25, 0.3) is 0 Å². The molecule has 0 fully saturated rings. The fourth-order valence-electron chi connectivity index (χ4n) is 0.144. The monoisotopic (exact) mass is 192 g/mol. The van der Waals surface area contributed by atoms with Crippen molar-refractivity contribution in [1.82, 2.24) is 0 Å². The van der Waals surface area contributed by atoms with Gasteiger partial charge >= 0.3 is 0 Å². The van der Waals surface area contributed by atoms with E-state index in [1.165, 1.54) is 5.80 Å². The van der Waals surface area contributed by atoms with E-state index in [0.29, 0.717) is 8.20 Å². The molecular formula is C3H4Cl3OP. The predicted molar refractivity (Wildman–Crippen MR) is 40.4 cm³/mol. The molecule has 48 valence electrons. The summed E-state index contributed by atoms with van der Waals surface area (Å²) < 4.78 is -1.33. The Morgan fingerprint density at radius 3 is 2.12 bits per heavy atom. The van der Waals surface area contributed by atoms with E-state index in [0.717, 1.165) is 0 Å². The molecule has 0 atom stereocenters. The largest absolute Gasteiger partial charge is 0.388 e. The van der Waals surface area contributed by atoms with Crippen LogP contribution in [0.2, 0.25) is 0 Å². The Hall–Kier alpha value is 1.00. The molecule has 0 aliphatic heterocycles. The number of aliphatic hydroxyl groups is 1. The van der Waals surface area contributed by atoms with Crippen LogP contribution in [0.5, 0.6) is 0 Å². The fraction of sp³-hybridized carbons (Fsp3) is 0.667. The summed E-state index contributed by atoms with van der Waals surface area (Å²) in [6, 6.07) is 0. The first-order valence-corrected chi connectivity index (χ1v) is 4.03. The predicted octanol–water partition coefficient (Wildman–Crippen LogP) is 2.05. The summed E-state index contributed by atoms with van der Waals surface area (Å²) >= 11 is 15.8. The van der Waals surface area contributed by atoms with E-state index in [1.54, 1.807) is 0 Å². The molecule has 0 heterocycles. The average molecular weight is 193 g/mol. The van der Waals surface area contributed by atoms with Gasteiger partial charge in [0.1, 0.15) is 0 Å². The minimum atomic E-state index is -1.33. The molecule has 0 aromatic rings. The van der Waals surface area contributed by atoms with E-state index < -0.39 is 3.79 Å². The van der Waals surface area contributed by atoms with E-state index in [4.69, 9.17) is 39.9 Å². The van der Waals surface area contributed by atoms with Crippen molar-refractivity contribution in [3.8, 4) is 0 Å². The van der Waals surface area contributed by atoms with Crippen LogP contribution in [0.1, 0.15) is 0 Å². The Morgan fingerprint density at radius 1 is 1.50 bits per heavy atom. The standard InChI is InChI=1S/C3H4Cl3OP/c4-3(5,6)1-8-2-7/h1,7H,2H2. The zero-order valence-corrected chi connectivity index (χ0v) is 6.97. The van der Waals surface area contributed by atoms with Gasteiger partial charge in [-0.15, -0.1) is 0 Å². The molecule has 0 spiro atoms. The van der Waals surface area contributed by atoms with Crippen molar-refractivity contribution in [2.75, 3.05) is 6.35 Å². The van der Waals surface area contributed by atoms with Crippen LogP contribution in [0, 0.1) is 0 Å². The Labute approximate surface area is 64.3 Å². The van der Waals surface area contributed by atoms with Gasteiger partial charge in [-0.05, 0) is 5.80 Å². The molecule has 0 amide bonds. The molecule has 8 heavy (non-hydrogen) atoms. The SMILES string of the molecule is OCP=CC(Cl)(Cl)Cl. The summed E-state index contributed by atoms with van der Waals surface area (Å²) in [6.45, 7) is 0. The van der Waals surface area contributed by atoms with Gasteiger partial charge in [0.05, 0.1) is 6.35 Å². The number of hydrogen-bond acceptors (Lipinski definition) is 1. The number of rotatable bonds is 1. The van der Waals surface area contributed by atoms with Gasteiger partial charge in [-0.25, -0.2) is 0 Å². The normalized spacial score (nSPS) is 13.0. The van der Waals surface area contributed by atoms with Crippen LogP contribution in [0.4, 0.5) is 0 Å². The third-order valence-electron chi connectivity index (χ3n) is 0.319. The van der Waals surface area contributed by atoms with Crippen LogP contribution >= 0.6 is 43.0 Å². The van der Waals surface area contributed by atoms with Crippen LogP contribution in [0.3, 0.4) is 0 Å². The van der Waals surface area contributed by atoms with Gasteiger partial charge in [0.15, 0.2) is 0 Å². The van der Waals surface area contributed by atoms with E-state index in [2.05, 4.69) is 0 Å². The maximum atomic E-state index is 8.21. The van der Waals surface area contributed by atoms with Gasteiger partial charge < -0.3 is 5.11 Å². The summed E-state index contributed by atoms with van der Waals surface area (Å²) in [5.41, 5.74) is 0. The number of alkyl halides is 3. The number of halogens is 3.